The quantitative estimate of drug-likeness (QED) is 0.873. The third kappa shape index (κ3) is 2.47. The van der Waals surface area contributed by atoms with Gasteiger partial charge in [0.05, 0.1) is 6.10 Å². The summed E-state index contributed by atoms with van der Waals surface area (Å²) in [6, 6.07) is 4.16. The molecule has 1 unspecified atom stereocenters. The minimum atomic E-state index is -0.274. The predicted octanol–water partition coefficient (Wildman–Crippen LogP) is 2.53. The molecule has 1 aromatic rings. The van der Waals surface area contributed by atoms with Crippen LogP contribution in [-0.2, 0) is 6.42 Å². The van der Waals surface area contributed by atoms with Gasteiger partial charge in [-0.25, -0.2) is 0 Å². The number of nitrogens with zero attached hydrogens (tertiary/aromatic N) is 1. The number of thiophene rings is 1. The number of hydrogen-bond donors (Lipinski definition) is 1. The molecule has 0 amide bonds. The van der Waals surface area contributed by atoms with E-state index in [4.69, 9.17) is 0 Å². The predicted molar refractivity (Wildman–Crippen MR) is 68.9 cm³/mol. The van der Waals surface area contributed by atoms with Crippen molar-refractivity contribution in [1.82, 2.24) is 4.90 Å². The van der Waals surface area contributed by atoms with Gasteiger partial charge in [0.25, 0.3) is 0 Å². The van der Waals surface area contributed by atoms with Crippen LogP contribution in [0.15, 0.2) is 17.5 Å². The number of rotatable bonds is 4. The van der Waals surface area contributed by atoms with Crippen molar-refractivity contribution in [2.45, 2.75) is 44.8 Å². The molecule has 0 bridgehead atoms. The van der Waals surface area contributed by atoms with Gasteiger partial charge in [-0.15, -0.1) is 11.3 Å². The minimum Gasteiger partial charge on any atom is -0.391 e. The van der Waals surface area contributed by atoms with Crippen LogP contribution < -0.4 is 0 Å². The van der Waals surface area contributed by atoms with E-state index in [1.165, 1.54) is 17.7 Å². The zero-order valence-corrected chi connectivity index (χ0v) is 11.0. The number of aliphatic hydroxyl groups excluding tert-OH is 1. The van der Waals surface area contributed by atoms with E-state index in [-0.39, 0.29) is 11.6 Å². The Hall–Kier alpha value is -0.380. The van der Waals surface area contributed by atoms with Crippen LogP contribution in [0, 0.1) is 0 Å². The zero-order chi connectivity index (χ0) is 11.6. The Kier molecular flexibility index (Phi) is 3.67. The molecule has 2 rings (SSSR count). The van der Waals surface area contributed by atoms with E-state index < -0.39 is 0 Å². The third-order valence-corrected chi connectivity index (χ3v) is 4.61. The highest BCUT2D eigenvalue weighted by Gasteiger charge is 2.35. The molecule has 0 saturated carbocycles. The first-order chi connectivity index (χ1) is 7.60. The van der Waals surface area contributed by atoms with Crippen molar-refractivity contribution in [1.29, 1.82) is 0 Å². The lowest BCUT2D eigenvalue weighted by Crippen LogP contribution is -2.51. The van der Waals surface area contributed by atoms with Gasteiger partial charge in [-0.1, -0.05) is 6.07 Å². The van der Waals surface area contributed by atoms with Gasteiger partial charge < -0.3 is 5.11 Å². The molecule has 2 nitrogen and oxygen atoms in total. The van der Waals surface area contributed by atoms with Gasteiger partial charge in [0.1, 0.15) is 0 Å². The Morgan fingerprint density at radius 3 is 2.69 bits per heavy atom. The maximum Gasteiger partial charge on any atom is 0.0766 e. The van der Waals surface area contributed by atoms with E-state index in [2.05, 4.69) is 36.3 Å². The summed E-state index contributed by atoms with van der Waals surface area (Å²) >= 11 is 1.73. The molecule has 3 heteroatoms. The van der Waals surface area contributed by atoms with Gasteiger partial charge in [0.2, 0.25) is 0 Å². The highest BCUT2D eigenvalue weighted by atomic mass is 32.1. The normalized spacial score (nSPS) is 20.2. The topological polar surface area (TPSA) is 23.5 Å². The fourth-order valence-electron chi connectivity index (χ4n) is 2.37. The summed E-state index contributed by atoms with van der Waals surface area (Å²) in [5, 5.41) is 12.4. The molecule has 1 N–H and O–H groups in total. The van der Waals surface area contributed by atoms with Gasteiger partial charge >= 0.3 is 0 Å². The smallest absolute Gasteiger partial charge is 0.0766 e. The molecule has 1 aliphatic heterocycles. The molecule has 1 aromatic heterocycles. The van der Waals surface area contributed by atoms with Gasteiger partial charge in [0, 0.05) is 16.8 Å². The Balaban J connectivity index is 1.99. The molecular formula is C13H21NOS. The maximum atomic E-state index is 10.4. The van der Waals surface area contributed by atoms with Crippen LogP contribution in [0.4, 0.5) is 0 Å². The lowest BCUT2D eigenvalue weighted by atomic mass is 9.92. The molecule has 16 heavy (non-hydrogen) atoms. The van der Waals surface area contributed by atoms with Crippen molar-refractivity contribution < 1.29 is 5.11 Å². The maximum absolute atomic E-state index is 10.4. The molecule has 0 radical (unpaired) electrons. The molecule has 0 spiro atoms. The van der Waals surface area contributed by atoms with Gasteiger partial charge in [-0.3, -0.25) is 4.90 Å². The first-order valence-electron chi connectivity index (χ1n) is 6.06. The molecule has 90 valence electrons. The first-order valence-corrected chi connectivity index (χ1v) is 6.94. The number of aliphatic hydroxyl groups is 1. The lowest BCUT2D eigenvalue weighted by Gasteiger charge is -2.39. The van der Waals surface area contributed by atoms with E-state index in [0.29, 0.717) is 0 Å². The van der Waals surface area contributed by atoms with Crippen molar-refractivity contribution in [3.05, 3.63) is 22.4 Å². The first kappa shape index (κ1) is 12.1. The highest BCUT2D eigenvalue weighted by molar-refractivity contribution is 7.09. The summed E-state index contributed by atoms with van der Waals surface area (Å²) in [6.45, 7) is 6.59. The monoisotopic (exact) mass is 239 g/mol. The number of likely N-dealkylation sites (tertiary alicyclic amines) is 1. The van der Waals surface area contributed by atoms with Crippen LogP contribution in [0.2, 0.25) is 0 Å². The number of hydrogen-bond acceptors (Lipinski definition) is 3. The Morgan fingerprint density at radius 1 is 1.44 bits per heavy atom. The van der Waals surface area contributed by atoms with Crippen molar-refractivity contribution in [3.8, 4) is 0 Å². The van der Waals surface area contributed by atoms with Crippen molar-refractivity contribution in [3.63, 3.8) is 0 Å². The van der Waals surface area contributed by atoms with Gasteiger partial charge in [-0.05, 0) is 51.2 Å². The summed E-state index contributed by atoms with van der Waals surface area (Å²) in [4.78, 5) is 3.70. The summed E-state index contributed by atoms with van der Waals surface area (Å²) in [7, 11) is 0. The minimum absolute atomic E-state index is 0.0967. The van der Waals surface area contributed by atoms with Gasteiger partial charge in [0.15, 0.2) is 0 Å². The SMILES string of the molecule is CC(C)(C(O)Cc1cccs1)N1CCCC1. The summed E-state index contributed by atoms with van der Waals surface area (Å²) in [5.41, 5.74) is -0.0967. The fraction of sp³-hybridized carbons (Fsp3) is 0.692. The summed E-state index contributed by atoms with van der Waals surface area (Å²) < 4.78 is 0. The summed E-state index contributed by atoms with van der Waals surface area (Å²) in [6.07, 6.45) is 3.05. The molecule has 0 aliphatic carbocycles. The van der Waals surface area contributed by atoms with Crippen molar-refractivity contribution in [2.24, 2.45) is 0 Å². The average Bonchev–Trinajstić information content (AvgIpc) is 2.89. The zero-order valence-electron chi connectivity index (χ0n) is 10.1. The molecular weight excluding hydrogens is 218 g/mol. The Morgan fingerprint density at radius 2 is 2.12 bits per heavy atom. The van der Waals surface area contributed by atoms with E-state index in [1.807, 2.05) is 0 Å². The fourth-order valence-corrected chi connectivity index (χ4v) is 3.12. The Labute approximate surface area is 102 Å². The second-order valence-electron chi connectivity index (χ2n) is 5.15. The van der Waals surface area contributed by atoms with Crippen LogP contribution in [0.3, 0.4) is 0 Å². The third-order valence-electron chi connectivity index (χ3n) is 3.71. The standard InChI is InChI=1S/C13H21NOS/c1-13(2,14-7-3-4-8-14)12(15)10-11-6-5-9-16-11/h5-6,9,12,15H,3-4,7-8,10H2,1-2H3. The van der Waals surface area contributed by atoms with Gasteiger partial charge in [-0.2, -0.15) is 0 Å². The van der Waals surface area contributed by atoms with E-state index in [1.54, 1.807) is 11.3 Å². The van der Waals surface area contributed by atoms with E-state index >= 15 is 0 Å². The Bertz CT molecular complexity index is 315. The molecule has 1 saturated heterocycles. The largest absolute Gasteiger partial charge is 0.391 e. The van der Waals surface area contributed by atoms with Crippen LogP contribution in [0.1, 0.15) is 31.6 Å². The summed E-state index contributed by atoms with van der Waals surface area (Å²) in [5.74, 6) is 0. The molecule has 1 fully saturated rings. The van der Waals surface area contributed by atoms with Crippen LogP contribution >= 0.6 is 11.3 Å². The molecule has 1 aliphatic rings. The van der Waals surface area contributed by atoms with E-state index in [9.17, 15) is 5.11 Å². The van der Waals surface area contributed by atoms with Crippen LogP contribution in [0.5, 0.6) is 0 Å². The van der Waals surface area contributed by atoms with Crippen LogP contribution in [0.25, 0.3) is 0 Å². The second-order valence-corrected chi connectivity index (χ2v) is 6.18. The lowest BCUT2D eigenvalue weighted by molar-refractivity contribution is 0.00381. The van der Waals surface area contributed by atoms with Crippen LogP contribution in [-0.4, -0.2) is 34.7 Å². The molecule has 2 heterocycles. The highest BCUT2D eigenvalue weighted by Crippen LogP contribution is 2.27. The van der Waals surface area contributed by atoms with Crippen molar-refractivity contribution in [2.75, 3.05) is 13.1 Å². The van der Waals surface area contributed by atoms with E-state index in [0.717, 1.165) is 19.5 Å². The van der Waals surface area contributed by atoms with Crippen molar-refractivity contribution >= 4 is 11.3 Å². The average molecular weight is 239 g/mol. The molecule has 0 aromatic carbocycles. The second kappa shape index (κ2) is 4.86. The molecule has 1 atom stereocenters.